The molecule has 0 saturated carbocycles. The van der Waals surface area contributed by atoms with E-state index in [1.165, 1.54) is 0 Å². The van der Waals surface area contributed by atoms with Crippen molar-refractivity contribution in [3.8, 4) is 10.6 Å². The summed E-state index contributed by atoms with van der Waals surface area (Å²) in [4.78, 5) is 19.4. The standard InChI is InChI=1S/C20H19N3O2S/c24-19(15-4-3-5-16(14-15)20-21-8-13-26-20)22-17-6-1-2-7-18(17)23-9-11-25-12-10-23/h1-8,13-14H,9-12H2,(H,22,24). The molecular weight excluding hydrogens is 346 g/mol. The van der Waals surface area contributed by atoms with Gasteiger partial charge in [-0.25, -0.2) is 4.98 Å². The molecule has 1 aliphatic heterocycles. The number of benzene rings is 2. The molecule has 1 N–H and O–H groups in total. The molecule has 1 fully saturated rings. The Morgan fingerprint density at radius 2 is 1.96 bits per heavy atom. The third kappa shape index (κ3) is 3.61. The molecule has 0 bridgehead atoms. The summed E-state index contributed by atoms with van der Waals surface area (Å²) in [5, 5.41) is 5.90. The van der Waals surface area contributed by atoms with E-state index in [2.05, 4.69) is 15.2 Å². The number of carbonyl (C=O) groups excluding carboxylic acids is 1. The van der Waals surface area contributed by atoms with Crippen LogP contribution in [0.25, 0.3) is 10.6 Å². The van der Waals surface area contributed by atoms with Gasteiger partial charge in [-0.2, -0.15) is 0 Å². The molecular formula is C20H19N3O2S. The Morgan fingerprint density at radius 1 is 1.12 bits per heavy atom. The SMILES string of the molecule is O=C(Nc1ccccc1N1CCOCC1)c1cccc(-c2nccs2)c1. The smallest absolute Gasteiger partial charge is 0.255 e. The van der Waals surface area contributed by atoms with Gasteiger partial charge in [-0.15, -0.1) is 11.3 Å². The predicted molar refractivity (Wildman–Crippen MR) is 105 cm³/mol. The number of aromatic nitrogens is 1. The molecule has 0 aliphatic carbocycles. The first-order valence-corrected chi connectivity index (χ1v) is 9.42. The van der Waals surface area contributed by atoms with Crippen molar-refractivity contribution in [1.29, 1.82) is 0 Å². The zero-order chi connectivity index (χ0) is 17.8. The summed E-state index contributed by atoms with van der Waals surface area (Å²) < 4.78 is 5.43. The van der Waals surface area contributed by atoms with Gasteiger partial charge in [-0.05, 0) is 24.3 Å². The van der Waals surface area contributed by atoms with E-state index >= 15 is 0 Å². The Bertz CT molecular complexity index is 890. The van der Waals surface area contributed by atoms with E-state index in [1.807, 2.05) is 53.9 Å². The first-order chi connectivity index (χ1) is 12.8. The zero-order valence-electron chi connectivity index (χ0n) is 14.2. The molecule has 5 nitrogen and oxygen atoms in total. The summed E-state index contributed by atoms with van der Waals surface area (Å²) in [5.41, 5.74) is 3.42. The molecule has 1 amide bonds. The largest absolute Gasteiger partial charge is 0.378 e. The van der Waals surface area contributed by atoms with E-state index in [0.29, 0.717) is 18.8 Å². The fourth-order valence-corrected chi connectivity index (χ4v) is 3.65. The number of anilines is 2. The number of nitrogens with zero attached hydrogens (tertiary/aromatic N) is 2. The number of amides is 1. The van der Waals surface area contributed by atoms with Crippen LogP contribution in [0.3, 0.4) is 0 Å². The van der Waals surface area contributed by atoms with E-state index in [9.17, 15) is 4.79 Å². The molecule has 1 aliphatic rings. The molecule has 0 unspecified atom stereocenters. The lowest BCUT2D eigenvalue weighted by atomic mass is 10.1. The third-order valence-electron chi connectivity index (χ3n) is 4.31. The molecule has 132 valence electrons. The van der Waals surface area contributed by atoms with Gasteiger partial charge in [-0.3, -0.25) is 4.79 Å². The molecule has 0 atom stereocenters. The van der Waals surface area contributed by atoms with Crippen LogP contribution in [0.4, 0.5) is 11.4 Å². The highest BCUT2D eigenvalue weighted by Gasteiger charge is 2.16. The van der Waals surface area contributed by atoms with Crippen LogP contribution in [0.2, 0.25) is 0 Å². The first-order valence-electron chi connectivity index (χ1n) is 8.54. The van der Waals surface area contributed by atoms with E-state index < -0.39 is 0 Å². The number of hydrogen-bond donors (Lipinski definition) is 1. The van der Waals surface area contributed by atoms with Crippen LogP contribution < -0.4 is 10.2 Å². The number of hydrogen-bond acceptors (Lipinski definition) is 5. The maximum Gasteiger partial charge on any atom is 0.255 e. The molecule has 26 heavy (non-hydrogen) atoms. The lowest BCUT2D eigenvalue weighted by molar-refractivity contribution is 0.102. The van der Waals surface area contributed by atoms with Crippen LogP contribution in [0, 0.1) is 0 Å². The van der Waals surface area contributed by atoms with E-state index in [1.54, 1.807) is 17.5 Å². The van der Waals surface area contributed by atoms with Gasteiger partial charge >= 0.3 is 0 Å². The van der Waals surface area contributed by atoms with Gasteiger partial charge in [0.2, 0.25) is 0 Å². The lowest BCUT2D eigenvalue weighted by Gasteiger charge is -2.30. The van der Waals surface area contributed by atoms with Crippen molar-refractivity contribution in [3.05, 3.63) is 65.7 Å². The van der Waals surface area contributed by atoms with Crippen molar-refractivity contribution in [1.82, 2.24) is 4.98 Å². The molecule has 3 aromatic rings. The normalized spacial score (nSPS) is 14.2. The summed E-state index contributed by atoms with van der Waals surface area (Å²) >= 11 is 1.56. The highest BCUT2D eigenvalue weighted by Crippen LogP contribution is 2.28. The highest BCUT2D eigenvalue weighted by molar-refractivity contribution is 7.13. The number of nitrogens with one attached hydrogen (secondary N) is 1. The van der Waals surface area contributed by atoms with Gasteiger partial charge in [0.25, 0.3) is 5.91 Å². The second-order valence-corrected chi connectivity index (χ2v) is 6.88. The van der Waals surface area contributed by atoms with Crippen LogP contribution in [0.15, 0.2) is 60.1 Å². The molecule has 2 aromatic carbocycles. The van der Waals surface area contributed by atoms with Gasteiger partial charge in [0, 0.05) is 35.8 Å². The second-order valence-electron chi connectivity index (χ2n) is 5.99. The van der Waals surface area contributed by atoms with Gasteiger partial charge in [0.1, 0.15) is 5.01 Å². The number of ether oxygens (including phenoxy) is 1. The van der Waals surface area contributed by atoms with Crippen LogP contribution in [0.1, 0.15) is 10.4 Å². The summed E-state index contributed by atoms with van der Waals surface area (Å²) in [6, 6.07) is 15.5. The maximum absolute atomic E-state index is 12.8. The summed E-state index contributed by atoms with van der Waals surface area (Å²) in [5.74, 6) is -0.121. The predicted octanol–water partition coefficient (Wildman–Crippen LogP) is 3.90. The van der Waals surface area contributed by atoms with Crippen LogP contribution in [0.5, 0.6) is 0 Å². The van der Waals surface area contributed by atoms with Crippen molar-refractivity contribution in [2.24, 2.45) is 0 Å². The van der Waals surface area contributed by atoms with Crippen LogP contribution in [-0.2, 0) is 4.74 Å². The third-order valence-corrected chi connectivity index (χ3v) is 5.13. The topological polar surface area (TPSA) is 54.5 Å². The Balaban J connectivity index is 1.56. The van der Waals surface area contributed by atoms with E-state index in [4.69, 9.17) is 4.74 Å². The van der Waals surface area contributed by atoms with Crippen molar-refractivity contribution in [2.45, 2.75) is 0 Å². The fraction of sp³-hybridized carbons (Fsp3) is 0.200. The Kier molecular flexibility index (Phi) is 4.95. The van der Waals surface area contributed by atoms with Gasteiger partial charge in [0.15, 0.2) is 0 Å². The minimum absolute atomic E-state index is 0.121. The van der Waals surface area contributed by atoms with Crippen LogP contribution in [-0.4, -0.2) is 37.2 Å². The monoisotopic (exact) mass is 365 g/mol. The number of morpholine rings is 1. The quantitative estimate of drug-likeness (QED) is 0.762. The summed E-state index contributed by atoms with van der Waals surface area (Å²) in [7, 11) is 0. The molecule has 4 rings (SSSR count). The summed E-state index contributed by atoms with van der Waals surface area (Å²) in [6.45, 7) is 3.06. The Morgan fingerprint density at radius 3 is 2.77 bits per heavy atom. The molecule has 0 radical (unpaired) electrons. The minimum atomic E-state index is -0.121. The van der Waals surface area contributed by atoms with Crippen molar-refractivity contribution in [2.75, 3.05) is 36.5 Å². The van der Waals surface area contributed by atoms with Gasteiger partial charge in [-0.1, -0.05) is 24.3 Å². The molecule has 0 spiro atoms. The fourth-order valence-electron chi connectivity index (χ4n) is 3.01. The first kappa shape index (κ1) is 16.8. The molecule has 2 heterocycles. The minimum Gasteiger partial charge on any atom is -0.378 e. The number of rotatable bonds is 4. The number of para-hydroxylation sites is 2. The lowest BCUT2D eigenvalue weighted by Crippen LogP contribution is -2.36. The van der Waals surface area contributed by atoms with Gasteiger partial charge < -0.3 is 15.0 Å². The number of carbonyl (C=O) groups is 1. The molecule has 6 heteroatoms. The maximum atomic E-state index is 12.8. The summed E-state index contributed by atoms with van der Waals surface area (Å²) in [6.07, 6.45) is 1.77. The van der Waals surface area contributed by atoms with Gasteiger partial charge in [0.05, 0.1) is 24.6 Å². The van der Waals surface area contributed by atoms with Crippen molar-refractivity contribution >= 4 is 28.6 Å². The van der Waals surface area contributed by atoms with E-state index in [-0.39, 0.29) is 5.91 Å². The Hall–Kier alpha value is -2.70. The average molecular weight is 365 g/mol. The van der Waals surface area contributed by atoms with Crippen LogP contribution >= 0.6 is 11.3 Å². The number of thiazole rings is 1. The zero-order valence-corrected chi connectivity index (χ0v) is 15.0. The molecule has 1 aromatic heterocycles. The second kappa shape index (κ2) is 7.68. The Labute approximate surface area is 156 Å². The van der Waals surface area contributed by atoms with Crippen molar-refractivity contribution < 1.29 is 9.53 Å². The molecule has 1 saturated heterocycles. The average Bonchev–Trinajstić information content (AvgIpc) is 3.24. The highest BCUT2D eigenvalue weighted by atomic mass is 32.1. The van der Waals surface area contributed by atoms with E-state index in [0.717, 1.165) is 35.0 Å². The van der Waals surface area contributed by atoms with Crippen molar-refractivity contribution in [3.63, 3.8) is 0 Å².